The molecular formula is C19H23N5O3. The van der Waals surface area contributed by atoms with Gasteiger partial charge in [-0.3, -0.25) is 14.9 Å². The summed E-state index contributed by atoms with van der Waals surface area (Å²) < 4.78 is 0. The normalized spacial score (nSPS) is 19.3. The summed E-state index contributed by atoms with van der Waals surface area (Å²) in [6.07, 6.45) is 0.149. The average molecular weight is 369 g/mol. The number of hydrogen-bond donors (Lipinski definition) is 1. The molecule has 1 fully saturated rings. The minimum absolute atomic E-state index is 0.147. The van der Waals surface area contributed by atoms with Gasteiger partial charge in [-0.2, -0.15) is 0 Å². The molecule has 1 atom stereocenters. The average Bonchev–Trinajstić information content (AvgIpc) is 3.09. The van der Waals surface area contributed by atoms with Crippen molar-refractivity contribution < 1.29 is 9.72 Å². The van der Waals surface area contributed by atoms with E-state index >= 15 is 0 Å². The van der Waals surface area contributed by atoms with Crippen LogP contribution >= 0.6 is 0 Å². The molecule has 27 heavy (non-hydrogen) atoms. The lowest BCUT2D eigenvalue weighted by molar-refractivity contribution is -0.385. The van der Waals surface area contributed by atoms with Crippen LogP contribution in [0.2, 0.25) is 0 Å². The molecule has 0 saturated carbocycles. The number of carbonyl (C=O) groups is 1. The maximum absolute atomic E-state index is 12.7. The Hall–Kier alpha value is -2.92. The molecule has 2 aliphatic rings. The molecule has 0 aromatic heterocycles. The lowest BCUT2D eigenvalue weighted by Gasteiger charge is -2.33. The van der Waals surface area contributed by atoms with Crippen LogP contribution in [-0.2, 0) is 0 Å². The fraction of sp³-hybridized carbons (Fsp3) is 0.474. The first-order valence-electron chi connectivity index (χ1n) is 9.04. The number of nitro benzene ring substituents is 1. The third kappa shape index (κ3) is 4.44. The Kier molecular flexibility index (Phi) is 6.04. The molecule has 8 heteroatoms. The quantitative estimate of drug-likeness (QED) is 0.362. The summed E-state index contributed by atoms with van der Waals surface area (Å²) in [5.74, 6) is 6.59. The van der Waals surface area contributed by atoms with Crippen LogP contribution in [0.3, 0.4) is 0 Å². The maximum atomic E-state index is 12.7. The smallest absolute Gasteiger partial charge is 0.280 e. The largest absolute Gasteiger partial charge is 0.340 e. The van der Waals surface area contributed by atoms with Gasteiger partial charge in [-0.15, -0.1) is 5.92 Å². The van der Waals surface area contributed by atoms with Gasteiger partial charge in [-0.1, -0.05) is 18.1 Å². The number of carbonyl (C=O) groups excluding carboxylic acids is 1. The number of hydrogen-bond acceptors (Lipinski definition) is 7. The summed E-state index contributed by atoms with van der Waals surface area (Å²) in [7, 11) is 0. The monoisotopic (exact) mass is 369 g/mol. The van der Waals surface area contributed by atoms with Crippen LogP contribution in [0.1, 0.15) is 23.7 Å². The van der Waals surface area contributed by atoms with Gasteiger partial charge in [0, 0.05) is 45.2 Å². The predicted molar refractivity (Wildman–Crippen MR) is 103 cm³/mol. The van der Waals surface area contributed by atoms with Crippen molar-refractivity contribution in [1.82, 2.24) is 15.1 Å². The Morgan fingerprint density at radius 2 is 2.11 bits per heavy atom. The van der Waals surface area contributed by atoms with Crippen LogP contribution in [0.4, 0.5) is 5.69 Å². The zero-order valence-electron chi connectivity index (χ0n) is 15.4. The van der Waals surface area contributed by atoms with Gasteiger partial charge >= 0.3 is 0 Å². The molecule has 0 amide bonds. The lowest BCUT2D eigenvalue weighted by Crippen LogP contribution is -2.51. The third-order valence-electron chi connectivity index (χ3n) is 4.68. The second-order valence-corrected chi connectivity index (χ2v) is 6.53. The maximum Gasteiger partial charge on any atom is 0.280 e. The highest BCUT2D eigenvalue weighted by Gasteiger charge is 2.31. The highest BCUT2D eigenvalue weighted by atomic mass is 16.6. The first kappa shape index (κ1) is 18.9. The minimum Gasteiger partial charge on any atom is -0.340 e. The zero-order chi connectivity index (χ0) is 19.2. The van der Waals surface area contributed by atoms with E-state index in [1.54, 1.807) is 19.1 Å². The van der Waals surface area contributed by atoms with E-state index in [-0.39, 0.29) is 29.5 Å². The molecule has 0 bridgehead atoms. The van der Waals surface area contributed by atoms with Gasteiger partial charge in [-0.05, 0) is 13.0 Å². The number of guanidine groups is 1. The van der Waals surface area contributed by atoms with Crippen molar-refractivity contribution in [2.24, 2.45) is 4.99 Å². The molecular weight excluding hydrogens is 346 g/mol. The first-order valence-corrected chi connectivity index (χ1v) is 9.04. The van der Waals surface area contributed by atoms with E-state index in [9.17, 15) is 14.9 Å². The molecule has 1 saturated heterocycles. The number of piperazine rings is 1. The van der Waals surface area contributed by atoms with Crippen LogP contribution in [0.15, 0.2) is 29.3 Å². The fourth-order valence-corrected chi connectivity index (χ4v) is 3.38. The van der Waals surface area contributed by atoms with Crippen molar-refractivity contribution in [3.63, 3.8) is 0 Å². The predicted octanol–water partition coefficient (Wildman–Crippen LogP) is 1.14. The fourth-order valence-electron chi connectivity index (χ4n) is 3.38. The Morgan fingerprint density at radius 1 is 1.37 bits per heavy atom. The molecule has 0 aliphatic carbocycles. The van der Waals surface area contributed by atoms with Crippen molar-refractivity contribution in [3.05, 3.63) is 39.9 Å². The standard InChI is InChI=1S/C19H23N5O3/c1-2-3-10-23-14-15(21-19(23)22-11-8-20-9-12-22)13-18(25)16-6-4-5-7-17(16)24(26)27/h4-7,15,20H,8-14H2,1H3. The summed E-state index contributed by atoms with van der Waals surface area (Å²) in [6, 6.07) is 5.86. The Balaban J connectivity index is 1.76. The van der Waals surface area contributed by atoms with Crippen LogP contribution in [0.25, 0.3) is 0 Å². The van der Waals surface area contributed by atoms with Gasteiger partial charge in [-0.25, -0.2) is 4.99 Å². The number of nitrogens with zero attached hydrogens (tertiary/aromatic N) is 4. The van der Waals surface area contributed by atoms with E-state index < -0.39 is 4.92 Å². The summed E-state index contributed by atoms with van der Waals surface area (Å²) >= 11 is 0. The summed E-state index contributed by atoms with van der Waals surface area (Å²) in [4.78, 5) is 32.4. The van der Waals surface area contributed by atoms with Crippen molar-refractivity contribution in [2.45, 2.75) is 19.4 Å². The topological polar surface area (TPSA) is 91.1 Å². The van der Waals surface area contributed by atoms with Crippen molar-refractivity contribution in [3.8, 4) is 11.8 Å². The Morgan fingerprint density at radius 3 is 2.81 bits per heavy atom. The minimum atomic E-state index is -0.513. The molecule has 1 aromatic carbocycles. The molecule has 2 heterocycles. The van der Waals surface area contributed by atoms with Crippen LogP contribution in [0, 0.1) is 22.0 Å². The van der Waals surface area contributed by atoms with Gasteiger partial charge in [0.2, 0.25) is 0 Å². The number of ketones is 1. The molecule has 0 radical (unpaired) electrons. The molecule has 2 aliphatic heterocycles. The summed E-state index contributed by atoms with van der Waals surface area (Å²) in [6.45, 7) is 6.47. The molecule has 8 nitrogen and oxygen atoms in total. The van der Waals surface area contributed by atoms with Gasteiger partial charge in [0.25, 0.3) is 5.69 Å². The van der Waals surface area contributed by atoms with E-state index in [0.29, 0.717) is 13.1 Å². The highest BCUT2D eigenvalue weighted by Crippen LogP contribution is 2.22. The Labute approximate surface area is 158 Å². The Bertz CT molecular complexity index is 805. The second kappa shape index (κ2) is 8.64. The molecule has 142 valence electrons. The number of rotatable bonds is 5. The number of nitrogens with one attached hydrogen (secondary N) is 1. The number of nitro groups is 1. The molecule has 1 aromatic rings. The van der Waals surface area contributed by atoms with Gasteiger partial charge < -0.3 is 15.1 Å². The van der Waals surface area contributed by atoms with Crippen LogP contribution in [-0.4, -0.2) is 71.8 Å². The lowest BCUT2D eigenvalue weighted by atomic mass is 10.0. The highest BCUT2D eigenvalue weighted by molar-refractivity contribution is 6.00. The van der Waals surface area contributed by atoms with E-state index in [1.807, 2.05) is 0 Å². The van der Waals surface area contributed by atoms with Gasteiger partial charge in [0.1, 0.15) is 0 Å². The van der Waals surface area contributed by atoms with E-state index in [1.165, 1.54) is 12.1 Å². The van der Waals surface area contributed by atoms with E-state index in [0.717, 1.165) is 32.1 Å². The summed E-state index contributed by atoms with van der Waals surface area (Å²) in [5.41, 5.74) is -0.00580. The van der Waals surface area contributed by atoms with Crippen LogP contribution < -0.4 is 5.32 Å². The van der Waals surface area contributed by atoms with Crippen molar-refractivity contribution in [1.29, 1.82) is 0 Å². The second-order valence-electron chi connectivity index (χ2n) is 6.53. The number of aliphatic imine (C=N–C) groups is 1. The van der Waals surface area contributed by atoms with Crippen molar-refractivity contribution >= 4 is 17.4 Å². The molecule has 3 rings (SSSR count). The van der Waals surface area contributed by atoms with E-state index in [4.69, 9.17) is 4.99 Å². The molecule has 1 N–H and O–H groups in total. The summed E-state index contributed by atoms with van der Waals surface area (Å²) in [5, 5.41) is 14.5. The van der Waals surface area contributed by atoms with Gasteiger partial charge in [0.15, 0.2) is 11.7 Å². The zero-order valence-corrected chi connectivity index (χ0v) is 15.4. The molecule has 0 spiro atoms. The first-order chi connectivity index (χ1) is 13.1. The third-order valence-corrected chi connectivity index (χ3v) is 4.68. The SMILES string of the molecule is CC#CCN1CC(CC(=O)c2ccccc2[N+](=O)[O-])N=C1N1CCNCC1. The van der Waals surface area contributed by atoms with Crippen LogP contribution in [0.5, 0.6) is 0 Å². The van der Waals surface area contributed by atoms with E-state index in [2.05, 4.69) is 27.0 Å². The number of para-hydroxylation sites is 1. The van der Waals surface area contributed by atoms with Crippen molar-refractivity contribution in [2.75, 3.05) is 39.3 Å². The van der Waals surface area contributed by atoms with Gasteiger partial charge in [0.05, 0.1) is 23.1 Å². The molecule has 1 unspecified atom stereocenters. The number of Topliss-reactive ketones (excluding diaryl/α,β-unsaturated/α-hetero) is 1. The number of benzene rings is 1.